The Kier molecular flexibility index (Phi) is 4.41. The van der Waals surface area contributed by atoms with E-state index in [1.165, 1.54) is 5.56 Å². The maximum atomic E-state index is 5.90. The highest BCUT2D eigenvalue weighted by Gasteiger charge is 2.05. The normalized spacial score (nSPS) is 11.2. The molecule has 19 heavy (non-hydrogen) atoms. The van der Waals surface area contributed by atoms with Crippen LogP contribution in [0.1, 0.15) is 11.3 Å². The maximum absolute atomic E-state index is 5.90. The van der Waals surface area contributed by atoms with Crippen molar-refractivity contribution >= 4 is 20.9 Å². The van der Waals surface area contributed by atoms with Crippen molar-refractivity contribution in [1.82, 2.24) is 9.97 Å². The lowest BCUT2D eigenvalue weighted by molar-refractivity contribution is 0.581. The zero-order valence-electron chi connectivity index (χ0n) is 11.4. The summed E-state index contributed by atoms with van der Waals surface area (Å²) in [6, 6.07) is 6.02. The Hall–Kier alpha value is -2.01. The molecule has 98 valence electrons. The minimum Gasteiger partial charge on any atom is -0.546 e. The Morgan fingerprint density at radius 3 is 2.79 bits per heavy atom. The van der Waals surface area contributed by atoms with E-state index in [-0.39, 0.29) is 0 Å². The summed E-state index contributed by atoms with van der Waals surface area (Å²) in [5, 5.41) is 0. The van der Waals surface area contributed by atoms with Crippen LogP contribution in [0.4, 0.5) is 5.69 Å². The molecule has 0 bridgehead atoms. The van der Waals surface area contributed by atoms with Crippen LogP contribution < -0.4 is 4.43 Å². The van der Waals surface area contributed by atoms with Crippen LogP contribution in [0.15, 0.2) is 41.8 Å². The average Bonchev–Trinajstić information content (AvgIpc) is 2.38. The molecule has 0 N–H and O–H groups in total. The number of aryl methyl sites for hydroxylation is 1. The fourth-order valence-corrected chi connectivity index (χ4v) is 2.29. The van der Waals surface area contributed by atoms with Crippen molar-refractivity contribution in [3.05, 3.63) is 48.0 Å². The molecule has 0 aliphatic rings. The molecule has 1 aromatic heterocycles. The van der Waals surface area contributed by atoms with Crippen molar-refractivity contribution in [3.8, 4) is 5.75 Å². The molecule has 5 heteroatoms. The molecule has 0 fully saturated rings. The zero-order valence-corrected chi connectivity index (χ0v) is 12.5. The molecule has 0 aliphatic heterocycles. The molecule has 0 atom stereocenters. The highest BCUT2D eigenvalue weighted by molar-refractivity contribution is 6.49. The number of hydrogen-bond donors (Lipinski definition) is 0. The second kappa shape index (κ2) is 6.24. The molecule has 0 saturated heterocycles. The third-order valence-electron chi connectivity index (χ3n) is 2.40. The van der Waals surface area contributed by atoms with Gasteiger partial charge in [-0.05, 0) is 37.7 Å². The number of rotatable bonds is 4. The summed E-state index contributed by atoms with van der Waals surface area (Å²) in [7, 11) is -1.15. The maximum Gasteiger partial charge on any atom is 0.229 e. The SMILES string of the molecule is Cc1ccc(N=Cc2cnccn2)c(O[SiH](C)C)c1. The third kappa shape index (κ3) is 3.99. The van der Waals surface area contributed by atoms with Crippen LogP contribution in [0.2, 0.25) is 13.1 Å². The van der Waals surface area contributed by atoms with Crippen LogP contribution in [-0.2, 0) is 0 Å². The first kappa shape index (κ1) is 13.4. The molecular weight excluding hydrogens is 254 g/mol. The molecule has 0 saturated carbocycles. The highest BCUT2D eigenvalue weighted by atomic mass is 28.3. The first-order valence-corrected chi connectivity index (χ1v) is 9.00. The minimum absolute atomic E-state index is 0.732. The van der Waals surface area contributed by atoms with E-state index in [2.05, 4.69) is 28.1 Å². The smallest absolute Gasteiger partial charge is 0.229 e. The Morgan fingerprint density at radius 2 is 2.11 bits per heavy atom. The first-order valence-electron chi connectivity index (χ1n) is 6.22. The summed E-state index contributed by atoms with van der Waals surface area (Å²) in [6.07, 6.45) is 6.67. The third-order valence-corrected chi connectivity index (χ3v) is 3.12. The summed E-state index contributed by atoms with van der Waals surface area (Å²) in [5.74, 6) is 0.849. The standard InChI is InChI=1S/C14H17N3OSi/c1-11-4-5-13(14(8-11)18-19(2)3)17-10-12-9-15-6-7-16-12/h4-10,19H,1-3H3. The molecular formula is C14H17N3OSi. The van der Waals surface area contributed by atoms with Crippen molar-refractivity contribution in [2.45, 2.75) is 20.0 Å². The van der Waals surface area contributed by atoms with Gasteiger partial charge in [0.25, 0.3) is 0 Å². The van der Waals surface area contributed by atoms with Crippen LogP contribution in [0.5, 0.6) is 5.75 Å². The van der Waals surface area contributed by atoms with Gasteiger partial charge >= 0.3 is 0 Å². The Bertz CT molecular complexity index is 570. The van der Waals surface area contributed by atoms with Crippen LogP contribution >= 0.6 is 0 Å². The highest BCUT2D eigenvalue weighted by Crippen LogP contribution is 2.28. The lowest BCUT2D eigenvalue weighted by Crippen LogP contribution is -2.11. The molecule has 1 heterocycles. The van der Waals surface area contributed by atoms with E-state index in [0.717, 1.165) is 17.1 Å². The first-order chi connectivity index (χ1) is 9.15. The fraction of sp³-hybridized carbons (Fsp3) is 0.214. The van der Waals surface area contributed by atoms with E-state index >= 15 is 0 Å². The monoisotopic (exact) mass is 271 g/mol. The van der Waals surface area contributed by atoms with Gasteiger partial charge in [-0.2, -0.15) is 0 Å². The lowest BCUT2D eigenvalue weighted by Gasteiger charge is -2.12. The second-order valence-electron chi connectivity index (χ2n) is 4.53. The predicted molar refractivity (Wildman–Crippen MR) is 80.0 cm³/mol. The molecule has 2 aromatic rings. The Labute approximate surface area is 114 Å². The zero-order chi connectivity index (χ0) is 13.7. The van der Waals surface area contributed by atoms with E-state index in [1.807, 2.05) is 25.1 Å². The van der Waals surface area contributed by atoms with E-state index < -0.39 is 9.04 Å². The van der Waals surface area contributed by atoms with E-state index in [9.17, 15) is 0 Å². The van der Waals surface area contributed by atoms with Gasteiger partial charge in [0, 0.05) is 12.4 Å². The molecule has 0 unspecified atom stereocenters. The number of nitrogens with zero attached hydrogens (tertiary/aromatic N) is 3. The van der Waals surface area contributed by atoms with Gasteiger partial charge < -0.3 is 4.43 Å². The van der Waals surface area contributed by atoms with Crippen LogP contribution in [-0.4, -0.2) is 25.2 Å². The van der Waals surface area contributed by atoms with Crippen LogP contribution in [0.25, 0.3) is 0 Å². The lowest BCUT2D eigenvalue weighted by atomic mass is 10.2. The van der Waals surface area contributed by atoms with Gasteiger partial charge in [-0.3, -0.25) is 15.0 Å². The van der Waals surface area contributed by atoms with Gasteiger partial charge in [0.15, 0.2) is 0 Å². The molecule has 0 aliphatic carbocycles. The average molecular weight is 271 g/mol. The van der Waals surface area contributed by atoms with Crippen molar-refractivity contribution in [2.75, 3.05) is 0 Å². The number of aromatic nitrogens is 2. The van der Waals surface area contributed by atoms with Crippen LogP contribution in [0.3, 0.4) is 0 Å². The summed E-state index contributed by atoms with van der Waals surface area (Å²) < 4.78 is 5.90. The summed E-state index contributed by atoms with van der Waals surface area (Å²) >= 11 is 0. The van der Waals surface area contributed by atoms with Gasteiger partial charge in [-0.1, -0.05) is 6.07 Å². The van der Waals surface area contributed by atoms with Crippen molar-refractivity contribution in [2.24, 2.45) is 4.99 Å². The van der Waals surface area contributed by atoms with Crippen molar-refractivity contribution in [3.63, 3.8) is 0 Å². The van der Waals surface area contributed by atoms with Crippen LogP contribution in [0, 0.1) is 6.92 Å². The summed E-state index contributed by atoms with van der Waals surface area (Å²) in [6.45, 7) is 6.32. The van der Waals surface area contributed by atoms with Crippen molar-refractivity contribution in [1.29, 1.82) is 0 Å². The molecule has 0 spiro atoms. The summed E-state index contributed by atoms with van der Waals surface area (Å²) in [5.41, 5.74) is 2.73. The number of aliphatic imine (C=N–C) groups is 1. The molecule has 0 amide bonds. The van der Waals surface area contributed by atoms with E-state index in [1.54, 1.807) is 24.8 Å². The molecule has 1 aromatic carbocycles. The largest absolute Gasteiger partial charge is 0.546 e. The van der Waals surface area contributed by atoms with Crippen molar-refractivity contribution < 1.29 is 4.43 Å². The van der Waals surface area contributed by atoms with Gasteiger partial charge in [-0.15, -0.1) is 0 Å². The Morgan fingerprint density at radius 1 is 1.26 bits per heavy atom. The van der Waals surface area contributed by atoms with E-state index in [4.69, 9.17) is 4.43 Å². The number of hydrogen-bond acceptors (Lipinski definition) is 4. The topological polar surface area (TPSA) is 47.4 Å². The second-order valence-corrected chi connectivity index (χ2v) is 6.86. The Balaban J connectivity index is 2.26. The summed E-state index contributed by atoms with van der Waals surface area (Å²) in [4.78, 5) is 12.6. The fourth-order valence-electron chi connectivity index (χ4n) is 1.59. The van der Waals surface area contributed by atoms with Gasteiger partial charge in [0.05, 0.1) is 18.1 Å². The van der Waals surface area contributed by atoms with Gasteiger partial charge in [-0.25, -0.2) is 0 Å². The number of benzene rings is 1. The predicted octanol–water partition coefficient (Wildman–Crippen LogP) is 2.90. The quantitative estimate of drug-likeness (QED) is 0.634. The molecule has 0 radical (unpaired) electrons. The molecule has 4 nitrogen and oxygen atoms in total. The molecule has 2 rings (SSSR count). The minimum atomic E-state index is -1.15. The van der Waals surface area contributed by atoms with Gasteiger partial charge in [0.2, 0.25) is 9.04 Å². The van der Waals surface area contributed by atoms with Gasteiger partial charge in [0.1, 0.15) is 11.4 Å². The van der Waals surface area contributed by atoms with E-state index in [0.29, 0.717) is 0 Å².